The predicted molar refractivity (Wildman–Crippen MR) is 64.3 cm³/mol. The average molecular weight is 242 g/mol. The van der Waals surface area contributed by atoms with Crippen LogP contribution in [-0.2, 0) is 4.74 Å². The number of amides is 1. The van der Waals surface area contributed by atoms with Crippen molar-refractivity contribution in [1.29, 1.82) is 5.26 Å². The topological polar surface area (TPSA) is 82.3 Å². The minimum Gasteiger partial charge on any atom is -0.444 e. The van der Waals surface area contributed by atoms with E-state index in [2.05, 4.69) is 5.32 Å². The van der Waals surface area contributed by atoms with Gasteiger partial charge < -0.3 is 15.2 Å². The molecule has 1 unspecified atom stereocenters. The standard InChI is InChI=1S/C12H22N2O3/c1-5-6-7-9(10(15)8-13)14-11(16)17-12(2,3)4/h9-10,15H,5-7H2,1-4H3,(H,14,16)/t9-,10?/m0/s1. The van der Waals surface area contributed by atoms with Crippen LogP contribution in [0, 0.1) is 11.3 Å². The summed E-state index contributed by atoms with van der Waals surface area (Å²) >= 11 is 0. The van der Waals surface area contributed by atoms with Gasteiger partial charge in [-0.15, -0.1) is 0 Å². The lowest BCUT2D eigenvalue weighted by Crippen LogP contribution is -2.45. The normalized spacial score (nSPS) is 14.6. The van der Waals surface area contributed by atoms with Gasteiger partial charge in [-0.1, -0.05) is 19.8 Å². The first kappa shape index (κ1) is 15.7. The molecular weight excluding hydrogens is 220 g/mol. The number of nitrogens with zero attached hydrogens (tertiary/aromatic N) is 1. The maximum Gasteiger partial charge on any atom is 0.407 e. The summed E-state index contributed by atoms with van der Waals surface area (Å²) in [5, 5.41) is 20.6. The van der Waals surface area contributed by atoms with Crippen molar-refractivity contribution >= 4 is 6.09 Å². The Morgan fingerprint density at radius 3 is 2.53 bits per heavy atom. The number of carbonyl (C=O) groups is 1. The zero-order valence-corrected chi connectivity index (χ0v) is 11.0. The van der Waals surface area contributed by atoms with Gasteiger partial charge in [0.15, 0.2) is 6.10 Å². The summed E-state index contributed by atoms with van der Waals surface area (Å²) in [5.41, 5.74) is -0.586. The largest absolute Gasteiger partial charge is 0.444 e. The van der Waals surface area contributed by atoms with E-state index in [4.69, 9.17) is 10.00 Å². The lowest BCUT2D eigenvalue weighted by atomic mass is 10.1. The number of unbranched alkanes of at least 4 members (excludes halogenated alkanes) is 1. The van der Waals surface area contributed by atoms with E-state index in [1.165, 1.54) is 0 Å². The van der Waals surface area contributed by atoms with Crippen molar-refractivity contribution in [2.24, 2.45) is 0 Å². The van der Waals surface area contributed by atoms with Gasteiger partial charge in [-0.3, -0.25) is 0 Å². The van der Waals surface area contributed by atoms with Gasteiger partial charge in [-0.2, -0.15) is 5.26 Å². The van der Waals surface area contributed by atoms with E-state index in [-0.39, 0.29) is 0 Å². The molecule has 17 heavy (non-hydrogen) atoms. The zero-order chi connectivity index (χ0) is 13.5. The van der Waals surface area contributed by atoms with Gasteiger partial charge in [-0.05, 0) is 27.2 Å². The zero-order valence-electron chi connectivity index (χ0n) is 11.0. The molecule has 5 nitrogen and oxygen atoms in total. The molecule has 5 heteroatoms. The van der Waals surface area contributed by atoms with Crippen molar-refractivity contribution in [2.45, 2.75) is 64.7 Å². The maximum atomic E-state index is 11.5. The van der Waals surface area contributed by atoms with Crippen LogP contribution in [-0.4, -0.2) is 28.9 Å². The molecule has 0 rings (SSSR count). The number of alkyl carbamates (subject to hydrolysis) is 1. The van der Waals surface area contributed by atoms with Crippen molar-refractivity contribution < 1.29 is 14.6 Å². The first-order valence-corrected chi connectivity index (χ1v) is 5.87. The van der Waals surface area contributed by atoms with E-state index >= 15 is 0 Å². The molecule has 0 bridgehead atoms. The lowest BCUT2D eigenvalue weighted by molar-refractivity contribution is 0.0452. The first-order valence-electron chi connectivity index (χ1n) is 5.87. The summed E-state index contributed by atoms with van der Waals surface area (Å²) in [6.45, 7) is 7.28. The van der Waals surface area contributed by atoms with Crippen molar-refractivity contribution in [1.82, 2.24) is 5.32 Å². The minimum atomic E-state index is -1.20. The summed E-state index contributed by atoms with van der Waals surface area (Å²) in [4.78, 5) is 11.5. The van der Waals surface area contributed by atoms with Gasteiger partial charge in [0.05, 0.1) is 12.1 Å². The van der Waals surface area contributed by atoms with E-state index in [1.807, 2.05) is 6.92 Å². The molecule has 0 aliphatic carbocycles. The fraction of sp³-hybridized carbons (Fsp3) is 0.833. The van der Waals surface area contributed by atoms with Crippen LogP contribution in [0.5, 0.6) is 0 Å². The highest BCUT2D eigenvalue weighted by atomic mass is 16.6. The van der Waals surface area contributed by atoms with Crippen LogP contribution in [0.2, 0.25) is 0 Å². The van der Waals surface area contributed by atoms with E-state index in [0.29, 0.717) is 6.42 Å². The van der Waals surface area contributed by atoms with Gasteiger partial charge in [0, 0.05) is 0 Å². The number of nitrogens with one attached hydrogen (secondary N) is 1. The van der Waals surface area contributed by atoms with E-state index in [0.717, 1.165) is 12.8 Å². The van der Waals surface area contributed by atoms with Gasteiger partial charge in [0.25, 0.3) is 0 Å². The van der Waals surface area contributed by atoms with Crippen LogP contribution < -0.4 is 5.32 Å². The van der Waals surface area contributed by atoms with Crippen molar-refractivity contribution in [3.63, 3.8) is 0 Å². The Morgan fingerprint density at radius 2 is 2.12 bits per heavy atom. The van der Waals surface area contributed by atoms with Gasteiger partial charge in [0.2, 0.25) is 0 Å². The summed E-state index contributed by atoms with van der Waals surface area (Å²) in [5.74, 6) is 0. The highest BCUT2D eigenvalue weighted by Crippen LogP contribution is 2.09. The third kappa shape index (κ3) is 7.58. The second-order valence-electron chi connectivity index (χ2n) is 4.97. The highest BCUT2D eigenvalue weighted by molar-refractivity contribution is 5.68. The lowest BCUT2D eigenvalue weighted by Gasteiger charge is -2.24. The molecule has 1 amide bonds. The Morgan fingerprint density at radius 1 is 1.53 bits per heavy atom. The van der Waals surface area contributed by atoms with Crippen LogP contribution in [0.3, 0.4) is 0 Å². The molecule has 2 N–H and O–H groups in total. The molecule has 0 aliphatic heterocycles. The minimum absolute atomic E-state index is 0.560. The van der Waals surface area contributed by atoms with E-state index in [9.17, 15) is 9.90 Å². The Labute approximate surface area is 103 Å². The SMILES string of the molecule is CCCC[C@H](NC(=O)OC(C)(C)C)C(O)C#N. The summed E-state index contributed by atoms with van der Waals surface area (Å²) in [6.07, 6.45) is 0.524. The molecule has 98 valence electrons. The van der Waals surface area contributed by atoms with Crippen LogP contribution >= 0.6 is 0 Å². The van der Waals surface area contributed by atoms with E-state index < -0.39 is 23.8 Å². The van der Waals surface area contributed by atoms with Gasteiger partial charge >= 0.3 is 6.09 Å². The molecule has 0 aliphatic rings. The van der Waals surface area contributed by atoms with Gasteiger partial charge in [-0.25, -0.2) is 4.79 Å². The van der Waals surface area contributed by atoms with Gasteiger partial charge in [0.1, 0.15) is 5.60 Å². The maximum absolute atomic E-state index is 11.5. The van der Waals surface area contributed by atoms with Crippen LogP contribution in [0.15, 0.2) is 0 Å². The Balaban J connectivity index is 4.33. The average Bonchev–Trinajstić information content (AvgIpc) is 2.20. The van der Waals surface area contributed by atoms with Crippen LogP contribution in [0.4, 0.5) is 4.79 Å². The third-order valence-corrected chi connectivity index (χ3v) is 2.08. The molecule has 0 spiro atoms. The number of aliphatic hydroxyl groups excluding tert-OH is 1. The Kier molecular flexibility index (Phi) is 6.59. The molecule has 0 radical (unpaired) electrons. The molecule has 0 fully saturated rings. The molecule has 0 aromatic rings. The smallest absolute Gasteiger partial charge is 0.407 e. The third-order valence-electron chi connectivity index (χ3n) is 2.08. The number of hydrogen-bond donors (Lipinski definition) is 2. The van der Waals surface area contributed by atoms with Crippen LogP contribution in [0.25, 0.3) is 0 Å². The molecule has 0 aromatic carbocycles. The van der Waals surface area contributed by atoms with Crippen molar-refractivity contribution in [3.8, 4) is 6.07 Å². The molecule has 0 saturated heterocycles. The molecule has 0 saturated carbocycles. The quantitative estimate of drug-likeness (QED) is 0.722. The second kappa shape index (κ2) is 7.13. The molecule has 0 aromatic heterocycles. The van der Waals surface area contributed by atoms with E-state index in [1.54, 1.807) is 26.8 Å². The monoisotopic (exact) mass is 242 g/mol. The number of ether oxygens (including phenoxy) is 1. The predicted octanol–water partition coefficient (Wildman–Crippen LogP) is 1.95. The van der Waals surface area contributed by atoms with Crippen LogP contribution in [0.1, 0.15) is 47.0 Å². The Hall–Kier alpha value is -1.28. The van der Waals surface area contributed by atoms with Crippen molar-refractivity contribution in [2.75, 3.05) is 0 Å². The number of nitriles is 1. The number of carbonyl (C=O) groups excluding carboxylic acids is 1. The molecule has 0 heterocycles. The second-order valence-corrected chi connectivity index (χ2v) is 4.97. The fourth-order valence-electron chi connectivity index (χ4n) is 1.28. The summed E-state index contributed by atoms with van der Waals surface area (Å²) in [6, 6.07) is 1.15. The summed E-state index contributed by atoms with van der Waals surface area (Å²) < 4.78 is 5.07. The molecular formula is C12H22N2O3. The fourth-order valence-corrected chi connectivity index (χ4v) is 1.28. The summed E-state index contributed by atoms with van der Waals surface area (Å²) in [7, 11) is 0. The highest BCUT2D eigenvalue weighted by Gasteiger charge is 2.23. The number of hydrogen-bond acceptors (Lipinski definition) is 4. The molecule has 2 atom stereocenters. The first-order chi connectivity index (χ1) is 7.80. The number of aliphatic hydroxyl groups is 1. The van der Waals surface area contributed by atoms with Crippen molar-refractivity contribution in [3.05, 3.63) is 0 Å². The number of rotatable bonds is 5. The Bertz CT molecular complexity index is 278.